The van der Waals surface area contributed by atoms with Crippen LogP contribution in [0.25, 0.3) is 0 Å². The van der Waals surface area contributed by atoms with Gasteiger partial charge in [-0.3, -0.25) is 14.4 Å². The van der Waals surface area contributed by atoms with Crippen LogP contribution >= 0.6 is 0 Å². The van der Waals surface area contributed by atoms with Crippen LogP contribution in [0.15, 0.2) is 91.0 Å². The standard InChI is InChI=1S/C32H20F3NO7/c1-18-6-8-20(9-7-18)31(41)43-22-13-10-19(11-14-22)27(37)17-42-30(40)21-12-15-23-24(16-21)29(39)36(28(23)38)26-5-3-2-4-25(26)32(33,34)35/h2-16H,17H2,1H3. The number of esters is 2. The van der Waals surface area contributed by atoms with Gasteiger partial charge in [-0.05, 0) is 73.7 Å². The Kier molecular flexibility index (Phi) is 7.64. The van der Waals surface area contributed by atoms with E-state index in [1.165, 1.54) is 36.4 Å². The highest BCUT2D eigenvalue weighted by Gasteiger charge is 2.42. The summed E-state index contributed by atoms with van der Waals surface area (Å²) in [5.41, 5.74) is -0.941. The quantitative estimate of drug-likeness (QED) is 0.112. The van der Waals surface area contributed by atoms with E-state index in [9.17, 15) is 37.1 Å². The van der Waals surface area contributed by atoms with E-state index in [1.54, 1.807) is 24.3 Å². The van der Waals surface area contributed by atoms with Crippen molar-refractivity contribution in [2.24, 2.45) is 0 Å². The first kappa shape index (κ1) is 28.9. The Morgan fingerprint density at radius 3 is 2.00 bits per heavy atom. The highest BCUT2D eigenvalue weighted by atomic mass is 19.4. The predicted octanol–water partition coefficient (Wildman–Crippen LogP) is 6.07. The number of carbonyl (C=O) groups is 5. The number of para-hydroxylation sites is 1. The van der Waals surface area contributed by atoms with E-state index in [2.05, 4.69) is 0 Å². The summed E-state index contributed by atoms with van der Waals surface area (Å²) in [6.07, 6.45) is -4.82. The lowest BCUT2D eigenvalue weighted by Crippen LogP contribution is -2.31. The molecule has 1 aliphatic heterocycles. The van der Waals surface area contributed by atoms with Crippen LogP contribution < -0.4 is 9.64 Å². The largest absolute Gasteiger partial charge is 0.454 e. The van der Waals surface area contributed by atoms with Gasteiger partial charge in [-0.2, -0.15) is 13.2 Å². The predicted molar refractivity (Wildman–Crippen MR) is 146 cm³/mol. The van der Waals surface area contributed by atoms with Gasteiger partial charge in [-0.1, -0.05) is 29.8 Å². The Morgan fingerprint density at radius 2 is 1.33 bits per heavy atom. The van der Waals surface area contributed by atoms with Crippen LogP contribution in [0, 0.1) is 6.92 Å². The van der Waals surface area contributed by atoms with Crippen LogP contribution in [0.4, 0.5) is 18.9 Å². The monoisotopic (exact) mass is 587 g/mol. The van der Waals surface area contributed by atoms with E-state index in [0.717, 1.165) is 35.9 Å². The van der Waals surface area contributed by atoms with Gasteiger partial charge in [0.1, 0.15) is 5.75 Å². The number of hydrogen-bond donors (Lipinski definition) is 0. The molecule has 43 heavy (non-hydrogen) atoms. The third-order valence-corrected chi connectivity index (χ3v) is 6.58. The van der Waals surface area contributed by atoms with Gasteiger partial charge in [-0.25, -0.2) is 14.5 Å². The molecule has 11 heteroatoms. The van der Waals surface area contributed by atoms with Crippen LogP contribution in [-0.4, -0.2) is 36.1 Å². The highest BCUT2D eigenvalue weighted by Crippen LogP contribution is 2.39. The number of ether oxygens (including phenoxy) is 2. The zero-order valence-corrected chi connectivity index (χ0v) is 22.3. The molecule has 0 saturated heterocycles. The highest BCUT2D eigenvalue weighted by molar-refractivity contribution is 6.35. The fourth-order valence-electron chi connectivity index (χ4n) is 4.36. The molecule has 5 rings (SSSR count). The van der Waals surface area contributed by atoms with Crippen molar-refractivity contribution in [1.29, 1.82) is 0 Å². The lowest BCUT2D eigenvalue weighted by molar-refractivity contribution is -0.137. The molecule has 0 aliphatic carbocycles. The second-order valence-corrected chi connectivity index (χ2v) is 9.50. The SMILES string of the molecule is Cc1ccc(C(=O)Oc2ccc(C(=O)COC(=O)c3ccc4c(c3)C(=O)N(c3ccccc3C(F)(F)F)C4=O)cc2)cc1. The number of carbonyl (C=O) groups excluding carboxylic acids is 5. The van der Waals surface area contributed by atoms with Crippen molar-refractivity contribution in [2.75, 3.05) is 11.5 Å². The van der Waals surface area contributed by atoms with Crippen molar-refractivity contribution in [3.05, 3.63) is 130 Å². The van der Waals surface area contributed by atoms with Crippen molar-refractivity contribution in [1.82, 2.24) is 0 Å². The van der Waals surface area contributed by atoms with Gasteiger partial charge in [0, 0.05) is 5.56 Å². The molecule has 0 bridgehead atoms. The lowest BCUT2D eigenvalue weighted by Gasteiger charge is -2.19. The normalized spacial score (nSPS) is 12.6. The van der Waals surface area contributed by atoms with Crippen LogP contribution in [-0.2, 0) is 10.9 Å². The zero-order valence-electron chi connectivity index (χ0n) is 22.3. The van der Waals surface area contributed by atoms with E-state index in [1.807, 2.05) is 6.92 Å². The van der Waals surface area contributed by atoms with Crippen molar-refractivity contribution >= 4 is 35.2 Å². The van der Waals surface area contributed by atoms with Gasteiger partial charge in [0.25, 0.3) is 11.8 Å². The number of amides is 2. The molecular formula is C32H20F3NO7. The molecule has 0 radical (unpaired) electrons. The summed E-state index contributed by atoms with van der Waals surface area (Å²) in [4.78, 5) is 63.8. The number of nitrogens with zero attached hydrogens (tertiary/aromatic N) is 1. The summed E-state index contributed by atoms with van der Waals surface area (Å²) in [6, 6.07) is 19.9. The smallest absolute Gasteiger partial charge is 0.418 e. The fraction of sp³-hybridized carbons (Fsp3) is 0.0938. The van der Waals surface area contributed by atoms with E-state index in [-0.39, 0.29) is 28.0 Å². The Bertz CT molecular complexity index is 1780. The van der Waals surface area contributed by atoms with Crippen molar-refractivity contribution in [3.8, 4) is 5.75 Å². The minimum Gasteiger partial charge on any atom is -0.454 e. The Balaban J connectivity index is 1.23. The molecule has 0 aromatic heterocycles. The number of benzene rings is 4. The summed E-state index contributed by atoms with van der Waals surface area (Å²) < 4.78 is 50.9. The number of imide groups is 1. The van der Waals surface area contributed by atoms with Gasteiger partial charge >= 0.3 is 18.1 Å². The van der Waals surface area contributed by atoms with Gasteiger partial charge in [-0.15, -0.1) is 0 Å². The molecule has 0 fully saturated rings. The maximum absolute atomic E-state index is 13.5. The molecule has 2 amide bonds. The van der Waals surface area contributed by atoms with Crippen molar-refractivity contribution in [3.63, 3.8) is 0 Å². The molecule has 0 N–H and O–H groups in total. The summed E-state index contributed by atoms with van der Waals surface area (Å²) in [5.74, 6) is -3.95. The minimum absolute atomic E-state index is 0.164. The molecule has 0 atom stereocenters. The number of aryl methyl sites for hydroxylation is 1. The lowest BCUT2D eigenvalue weighted by atomic mass is 10.1. The number of halogens is 3. The van der Waals surface area contributed by atoms with Gasteiger partial charge < -0.3 is 9.47 Å². The Hall–Kier alpha value is -5.58. The van der Waals surface area contributed by atoms with Crippen LogP contribution in [0.5, 0.6) is 5.75 Å². The summed E-state index contributed by atoms with van der Waals surface area (Å²) in [6.45, 7) is 1.21. The number of alkyl halides is 3. The molecule has 4 aromatic rings. The third-order valence-electron chi connectivity index (χ3n) is 6.58. The Labute approximate surface area is 242 Å². The van der Waals surface area contributed by atoms with Crippen molar-refractivity contribution < 1.29 is 46.6 Å². The molecule has 216 valence electrons. The van der Waals surface area contributed by atoms with Crippen LogP contribution in [0.2, 0.25) is 0 Å². The van der Waals surface area contributed by atoms with Gasteiger partial charge in [0.05, 0.1) is 33.5 Å². The van der Waals surface area contributed by atoms with Gasteiger partial charge in [0.2, 0.25) is 0 Å². The third kappa shape index (κ3) is 5.91. The average Bonchev–Trinajstić information content (AvgIpc) is 3.24. The van der Waals surface area contributed by atoms with Crippen LogP contribution in [0.1, 0.15) is 62.9 Å². The number of Topliss-reactive ketones (excluding diaryl/α,β-unsaturated/α-hetero) is 1. The molecule has 8 nitrogen and oxygen atoms in total. The minimum atomic E-state index is -4.82. The van der Waals surface area contributed by atoms with E-state index in [4.69, 9.17) is 9.47 Å². The van der Waals surface area contributed by atoms with Gasteiger partial charge in [0.15, 0.2) is 12.4 Å². The second-order valence-electron chi connectivity index (χ2n) is 9.50. The Morgan fingerprint density at radius 1 is 0.721 bits per heavy atom. The maximum Gasteiger partial charge on any atom is 0.418 e. The maximum atomic E-state index is 13.5. The molecule has 0 unspecified atom stereocenters. The number of hydrogen-bond acceptors (Lipinski definition) is 7. The first-order valence-electron chi connectivity index (χ1n) is 12.7. The van der Waals surface area contributed by atoms with E-state index < -0.39 is 53.6 Å². The molecule has 1 aliphatic rings. The summed E-state index contributed by atoms with van der Waals surface area (Å²) in [5, 5.41) is 0. The number of fused-ring (bicyclic) bond motifs is 1. The number of ketones is 1. The summed E-state index contributed by atoms with van der Waals surface area (Å²) >= 11 is 0. The summed E-state index contributed by atoms with van der Waals surface area (Å²) in [7, 11) is 0. The second kappa shape index (κ2) is 11.4. The molecule has 0 spiro atoms. The fourth-order valence-corrected chi connectivity index (χ4v) is 4.36. The average molecular weight is 588 g/mol. The topological polar surface area (TPSA) is 107 Å². The van der Waals surface area contributed by atoms with Crippen molar-refractivity contribution in [2.45, 2.75) is 13.1 Å². The zero-order chi connectivity index (χ0) is 30.9. The molecule has 4 aromatic carbocycles. The van der Waals surface area contributed by atoms with E-state index >= 15 is 0 Å². The first-order chi connectivity index (χ1) is 20.4. The first-order valence-corrected chi connectivity index (χ1v) is 12.7. The number of anilines is 1. The molecule has 0 saturated carbocycles. The van der Waals surface area contributed by atoms with E-state index in [0.29, 0.717) is 10.5 Å². The number of rotatable bonds is 7. The van der Waals surface area contributed by atoms with Crippen LogP contribution in [0.3, 0.4) is 0 Å². The molecule has 1 heterocycles. The molecular weight excluding hydrogens is 567 g/mol.